The maximum Gasteiger partial charge on any atom is 0.408 e. The van der Waals surface area contributed by atoms with Crippen molar-refractivity contribution in [1.82, 2.24) is 15.1 Å². The number of carbonyl (C=O) groups is 2. The molecule has 0 saturated heterocycles. The molecule has 0 radical (unpaired) electrons. The summed E-state index contributed by atoms with van der Waals surface area (Å²) in [4.78, 5) is 24.2. The second-order valence-electron chi connectivity index (χ2n) is 5.33. The molecule has 2 aromatic rings. The van der Waals surface area contributed by atoms with Crippen molar-refractivity contribution in [3.05, 3.63) is 47.3 Å². The number of amides is 2. The molecule has 0 aliphatic rings. The highest BCUT2D eigenvalue weighted by Gasteiger charge is 2.30. The summed E-state index contributed by atoms with van der Waals surface area (Å²) in [7, 11) is 0. The van der Waals surface area contributed by atoms with E-state index in [0.717, 1.165) is 6.20 Å². The molecule has 1 aromatic heterocycles. The summed E-state index contributed by atoms with van der Waals surface area (Å²) in [5, 5.41) is 8.69. The SMILES string of the molecule is CCNC(=O)c1ccc(C)c(NC(=O)c2ccnn2CC(F)(F)F)c1. The van der Waals surface area contributed by atoms with Crippen molar-refractivity contribution in [3.63, 3.8) is 0 Å². The number of carbonyl (C=O) groups excluding carboxylic acids is 2. The van der Waals surface area contributed by atoms with Gasteiger partial charge < -0.3 is 10.6 Å². The molecule has 0 aliphatic carbocycles. The summed E-state index contributed by atoms with van der Waals surface area (Å²) < 4.78 is 38.2. The molecular formula is C16H17F3N4O2. The van der Waals surface area contributed by atoms with Crippen molar-refractivity contribution in [2.75, 3.05) is 11.9 Å². The molecule has 2 rings (SSSR count). The van der Waals surface area contributed by atoms with Crippen molar-refractivity contribution < 1.29 is 22.8 Å². The third kappa shape index (κ3) is 4.82. The van der Waals surface area contributed by atoms with E-state index in [-0.39, 0.29) is 11.6 Å². The Balaban J connectivity index is 2.22. The lowest BCUT2D eigenvalue weighted by atomic mass is 10.1. The van der Waals surface area contributed by atoms with Gasteiger partial charge in [0.25, 0.3) is 11.8 Å². The number of nitrogens with one attached hydrogen (secondary N) is 2. The molecule has 0 spiro atoms. The zero-order valence-electron chi connectivity index (χ0n) is 13.6. The van der Waals surface area contributed by atoms with Gasteiger partial charge in [0.15, 0.2) is 0 Å². The standard InChI is InChI=1S/C16H17F3N4O2/c1-3-20-14(24)11-5-4-10(2)12(8-11)22-15(25)13-6-7-21-23(13)9-16(17,18)19/h4-8H,3,9H2,1-2H3,(H,20,24)(H,22,25). The molecule has 2 amide bonds. The van der Waals surface area contributed by atoms with Crippen molar-refractivity contribution in [1.29, 1.82) is 0 Å². The predicted octanol–water partition coefficient (Wildman–Crippen LogP) is 2.76. The van der Waals surface area contributed by atoms with Crippen LogP contribution in [0.25, 0.3) is 0 Å². The molecule has 6 nitrogen and oxygen atoms in total. The van der Waals surface area contributed by atoms with Crippen molar-refractivity contribution in [2.45, 2.75) is 26.6 Å². The first-order chi connectivity index (χ1) is 11.7. The summed E-state index contributed by atoms with van der Waals surface area (Å²) in [6.45, 7) is 2.58. The lowest BCUT2D eigenvalue weighted by Crippen LogP contribution is -2.25. The van der Waals surface area contributed by atoms with E-state index >= 15 is 0 Å². The number of halogens is 3. The first kappa shape index (κ1) is 18.5. The van der Waals surface area contributed by atoms with Gasteiger partial charge in [-0.3, -0.25) is 14.3 Å². The van der Waals surface area contributed by atoms with E-state index in [4.69, 9.17) is 0 Å². The van der Waals surface area contributed by atoms with E-state index in [1.165, 1.54) is 12.1 Å². The summed E-state index contributed by atoms with van der Waals surface area (Å²) in [5.74, 6) is -1.04. The van der Waals surface area contributed by atoms with E-state index in [9.17, 15) is 22.8 Å². The number of aromatic nitrogens is 2. The molecule has 0 unspecified atom stereocenters. The number of hydrogen-bond acceptors (Lipinski definition) is 3. The largest absolute Gasteiger partial charge is 0.408 e. The van der Waals surface area contributed by atoms with Crippen LogP contribution in [0, 0.1) is 6.92 Å². The van der Waals surface area contributed by atoms with Crippen molar-refractivity contribution >= 4 is 17.5 Å². The van der Waals surface area contributed by atoms with Crippen molar-refractivity contribution in [3.8, 4) is 0 Å². The van der Waals surface area contributed by atoms with Gasteiger partial charge >= 0.3 is 6.18 Å². The fraction of sp³-hybridized carbons (Fsp3) is 0.312. The summed E-state index contributed by atoms with van der Waals surface area (Å²) in [6, 6.07) is 5.92. The highest BCUT2D eigenvalue weighted by atomic mass is 19.4. The van der Waals surface area contributed by atoms with E-state index in [2.05, 4.69) is 15.7 Å². The van der Waals surface area contributed by atoms with Gasteiger partial charge in [-0.05, 0) is 37.6 Å². The second-order valence-corrected chi connectivity index (χ2v) is 5.33. The molecule has 0 saturated carbocycles. The number of alkyl halides is 3. The third-order valence-electron chi connectivity index (χ3n) is 3.36. The molecule has 134 valence electrons. The fourth-order valence-corrected chi connectivity index (χ4v) is 2.17. The zero-order chi connectivity index (χ0) is 18.6. The normalized spacial score (nSPS) is 11.2. The van der Waals surface area contributed by atoms with Crippen LogP contribution in [0.2, 0.25) is 0 Å². The monoisotopic (exact) mass is 354 g/mol. The maximum absolute atomic E-state index is 12.5. The van der Waals surface area contributed by atoms with E-state index in [1.54, 1.807) is 26.0 Å². The molecule has 2 N–H and O–H groups in total. The van der Waals surface area contributed by atoms with Crippen LogP contribution < -0.4 is 10.6 Å². The van der Waals surface area contributed by atoms with Crippen LogP contribution in [-0.4, -0.2) is 34.3 Å². The molecular weight excluding hydrogens is 337 g/mol. The van der Waals surface area contributed by atoms with Crippen LogP contribution in [-0.2, 0) is 6.54 Å². The Morgan fingerprint density at radius 1 is 1.20 bits per heavy atom. The van der Waals surface area contributed by atoms with Crippen LogP contribution in [0.15, 0.2) is 30.5 Å². The predicted molar refractivity (Wildman–Crippen MR) is 85.4 cm³/mol. The first-order valence-corrected chi connectivity index (χ1v) is 7.50. The Morgan fingerprint density at radius 3 is 2.56 bits per heavy atom. The fourth-order valence-electron chi connectivity index (χ4n) is 2.17. The smallest absolute Gasteiger partial charge is 0.352 e. The quantitative estimate of drug-likeness (QED) is 0.867. The average molecular weight is 354 g/mol. The number of hydrogen-bond donors (Lipinski definition) is 2. The molecule has 1 aromatic carbocycles. The number of aryl methyl sites for hydroxylation is 1. The number of anilines is 1. The van der Waals surface area contributed by atoms with Crippen LogP contribution in [0.3, 0.4) is 0 Å². The Labute approximate surface area is 142 Å². The maximum atomic E-state index is 12.5. The lowest BCUT2D eigenvalue weighted by molar-refractivity contribution is -0.142. The topological polar surface area (TPSA) is 76.0 Å². The summed E-state index contributed by atoms with van der Waals surface area (Å²) in [5.41, 5.74) is 1.13. The molecule has 25 heavy (non-hydrogen) atoms. The number of benzene rings is 1. The highest BCUT2D eigenvalue weighted by Crippen LogP contribution is 2.20. The van der Waals surface area contributed by atoms with E-state index in [0.29, 0.717) is 28.0 Å². The molecule has 0 atom stereocenters. The van der Waals surface area contributed by atoms with Gasteiger partial charge in [-0.2, -0.15) is 18.3 Å². The Morgan fingerprint density at radius 2 is 1.92 bits per heavy atom. The molecule has 0 fully saturated rings. The summed E-state index contributed by atoms with van der Waals surface area (Å²) >= 11 is 0. The first-order valence-electron chi connectivity index (χ1n) is 7.50. The van der Waals surface area contributed by atoms with E-state index < -0.39 is 18.6 Å². The van der Waals surface area contributed by atoms with Gasteiger partial charge in [-0.1, -0.05) is 6.07 Å². The highest BCUT2D eigenvalue weighted by molar-refractivity contribution is 6.04. The molecule has 0 aliphatic heterocycles. The zero-order valence-corrected chi connectivity index (χ0v) is 13.6. The van der Waals surface area contributed by atoms with Crippen LogP contribution in [0.5, 0.6) is 0 Å². The Hall–Kier alpha value is -2.84. The Bertz CT molecular complexity index is 784. The Kier molecular flexibility index (Phi) is 5.45. The average Bonchev–Trinajstić information content (AvgIpc) is 2.95. The van der Waals surface area contributed by atoms with Crippen LogP contribution in [0.4, 0.5) is 18.9 Å². The third-order valence-corrected chi connectivity index (χ3v) is 3.36. The minimum atomic E-state index is -4.49. The number of nitrogens with zero attached hydrogens (tertiary/aromatic N) is 2. The van der Waals surface area contributed by atoms with Gasteiger partial charge in [0.1, 0.15) is 12.2 Å². The van der Waals surface area contributed by atoms with Crippen molar-refractivity contribution in [2.24, 2.45) is 0 Å². The number of rotatable bonds is 5. The van der Waals surface area contributed by atoms with Gasteiger partial charge in [-0.25, -0.2) is 0 Å². The van der Waals surface area contributed by atoms with E-state index in [1.807, 2.05) is 0 Å². The molecule has 0 bridgehead atoms. The van der Waals surface area contributed by atoms with Gasteiger partial charge in [0.2, 0.25) is 0 Å². The van der Waals surface area contributed by atoms with Crippen LogP contribution >= 0.6 is 0 Å². The molecule has 1 heterocycles. The summed E-state index contributed by atoms with van der Waals surface area (Å²) in [6.07, 6.45) is -3.37. The van der Waals surface area contributed by atoms with Crippen LogP contribution in [0.1, 0.15) is 33.3 Å². The van der Waals surface area contributed by atoms with Gasteiger partial charge in [0.05, 0.1) is 0 Å². The second kappa shape index (κ2) is 7.37. The minimum absolute atomic E-state index is 0.222. The minimum Gasteiger partial charge on any atom is -0.352 e. The molecule has 9 heteroatoms. The lowest BCUT2D eigenvalue weighted by Gasteiger charge is -2.13. The van der Waals surface area contributed by atoms with Gasteiger partial charge in [0, 0.05) is 24.0 Å². The van der Waals surface area contributed by atoms with Gasteiger partial charge in [-0.15, -0.1) is 0 Å².